The maximum Gasteiger partial charge on any atom is 0.148 e. The van der Waals surface area contributed by atoms with Gasteiger partial charge in [0, 0.05) is 49.6 Å². The highest BCUT2D eigenvalue weighted by atomic mass is 19.1. The number of rotatable bonds is 4. The number of hydrogen-bond acceptors (Lipinski definition) is 5. The minimum Gasteiger partial charge on any atom is -0.396 e. The molecular weight excluding hydrogens is 410 g/mol. The molecule has 6 nitrogen and oxygen atoms in total. The Morgan fingerprint density at radius 3 is 2.53 bits per heavy atom. The largest absolute Gasteiger partial charge is 0.396 e. The van der Waals surface area contributed by atoms with E-state index in [1.54, 1.807) is 0 Å². The number of aromatic nitrogens is 2. The van der Waals surface area contributed by atoms with Gasteiger partial charge in [0.25, 0.3) is 0 Å². The Kier molecular flexibility index (Phi) is 6.82. The first-order valence-corrected chi connectivity index (χ1v) is 10.0. The number of allylic oxidation sites excluding steroid dienone is 1. The first-order chi connectivity index (χ1) is 15.2. The Morgan fingerprint density at radius 2 is 1.94 bits per heavy atom. The highest BCUT2D eigenvalue weighted by molar-refractivity contribution is 6.35. The summed E-state index contributed by atoms with van der Waals surface area (Å²) in [7, 11) is 1.95. The van der Waals surface area contributed by atoms with E-state index >= 15 is 0 Å². The highest BCUT2D eigenvalue weighted by Crippen LogP contribution is 2.35. The monoisotopic (exact) mass is 436 g/mol. The molecule has 0 spiro atoms. The van der Waals surface area contributed by atoms with E-state index in [4.69, 9.17) is 16.6 Å². The van der Waals surface area contributed by atoms with E-state index in [0.29, 0.717) is 5.70 Å². The second-order valence-electron chi connectivity index (χ2n) is 7.61. The number of aryl methyl sites for hydroxylation is 1. The fraction of sp³-hybridized carbons (Fsp3) is 0.208. The lowest BCUT2D eigenvalue weighted by Crippen LogP contribution is -2.35. The van der Waals surface area contributed by atoms with Gasteiger partial charge < -0.3 is 16.0 Å². The van der Waals surface area contributed by atoms with Crippen molar-refractivity contribution in [2.75, 3.05) is 12.3 Å². The van der Waals surface area contributed by atoms with Gasteiger partial charge in [-0.3, -0.25) is 10.1 Å². The molecule has 0 radical (unpaired) electrons. The summed E-state index contributed by atoms with van der Waals surface area (Å²) in [5.74, 6) is -1.12. The second-order valence-corrected chi connectivity index (χ2v) is 7.61. The molecular formula is C24H26F2N6. The van der Waals surface area contributed by atoms with Crippen LogP contribution in [0.15, 0.2) is 60.9 Å². The third-order valence-corrected chi connectivity index (χ3v) is 5.64. The van der Waals surface area contributed by atoms with Gasteiger partial charge in [0.1, 0.15) is 11.6 Å². The first-order valence-electron chi connectivity index (χ1n) is 10.0. The molecule has 1 unspecified atom stereocenters. The van der Waals surface area contributed by atoms with Gasteiger partial charge >= 0.3 is 0 Å². The minimum absolute atomic E-state index is 0.0311. The zero-order valence-electron chi connectivity index (χ0n) is 18.1. The van der Waals surface area contributed by atoms with Gasteiger partial charge in [0.2, 0.25) is 0 Å². The summed E-state index contributed by atoms with van der Waals surface area (Å²) in [6, 6.07) is 11.5. The summed E-state index contributed by atoms with van der Waals surface area (Å²) in [5, 5.41) is 19.6. The number of nitrogens with two attached hydrogens (primary N) is 1. The zero-order valence-corrected chi connectivity index (χ0v) is 18.1. The number of fused-ring (bicyclic) bond motifs is 1. The van der Waals surface area contributed by atoms with Crippen molar-refractivity contribution in [3.8, 4) is 0 Å². The van der Waals surface area contributed by atoms with Crippen LogP contribution in [0.1, 0.15) is 28.3 Å². The summed E-state index contributed by atoms with van der Waals surface area (Å²) < 4.78 is 26.2. The Hall–Kier alpha value is -3.81. The molecule has 166 valence electrons. The van der Waals surface area contributed by atoms with Crippen molar-refractivity contribution in [1.29, 1.82) is 10.8 Å². The van der Waals surface area contributed by atoms with Crippen molar-refractivity contribution >= 4 is 17.6 Å². The number of hydrogen-bond donors (Lipinski definition) is 3. The molecule has 1 aliphatic rings. The number of benzene rings is 2. The van der Waals surface area contributed by atoms with E-state index in [1.807, 2.05) is 24.0 Å². The van der Waals surface area contributed by atoms with Crippen LogP contribution in [-0.2, 0) is 13.6 Å². The average molecular weight is 437 g/mol. The third kappa shape index (κ3) is 4.74. The molecule has 2 aromatic carbocycles. The van der Waals surface area contributed by atoms with Gasteiger partial charge in [-0.2, -0.15) is 5.10 Å². The standard InChI is InChI=1S/C18H21N5.C6H5F2N/c1-12-16(9-21-22(12)3)17-11-23(13(2)18(20)8-19)10-14-6-4-5-7-15(14)17;7-4-1-2-6(9)5(8)3-4/h4-9,17,19-20H,2,10-11H2,1,3H3;1-3H,9H2. The summed E-state index contributed by atoms with van der Waals surface area (Å²) in [4.78, 5) is 2.09. The predicted octanol–water partition coefficient (Wildman–Crippen LogP) is 4.41. The number of halogens is 2. The zero-order chi connectivity index (χ0) is 23.4. The smallest absolute Gasteiger partial charge is 0.148 e. The van der Waals surface area contributed by atoms with Gasteiger partial charge in [-0.05, 0) is 30.2 Å². The van der Waals surface area contributed by atoms with Crippen molar-refractivity contribution in [1.82, 2.24) is 14.7 Å². The molecule has 0 saturated carbocycles. The molecule has 1 aromatic heterocycles. The molecule has 3 aromatic rings. The van der Waals surface area contributed by atoms with E-state index < -0.39 is 11.6 Å². The van der Waals surface area contributed by atoms with Crippen LogP contribution < -0.4 is 5.73 Å². The molecule has 0 fully saturated rings. The van der Waals surface area contributed by atoms with Crippen molar-refractivity contribution in [3.63, 3.8) is 0 Å². The Labute approximate surface area is 186 Å². The molecule has 1 atom stereocenters. The number of nitrogens with zero attached hydrogens (tertiary/aromatic N) is 3. The average Bonchev–Trinajstić information content (AvgIpc) is 3.13. The van der Waals surface area contributed by atoms with Crippen LogP contribution in [0.25, 0.3) is 0 Å². The predicted molar refractivity (Wildman–Crippen MR) is 123 cm³/mol. The Morgan fingerprint density at radius 1 is 1.22 bits per heavy atom. The van der Waals surface area contributed by atoms with E-state index in [-0.39, 0.29) is 17.3 Å². The molecule has 4 N–H and O–H groups in total. The molecule has 0 saturated heterocycles. The molecule has 0 aliphatic carbocycles. The molecule has 4 rings (SSSR count). The fourth-order valence-corrected chi connectivity index (χ4v) is 3.69. The van der Waals surface area contributed by atoms with Crippen molar-refractivity contribution in [3.05, 3.63) is 95.0 Å². The van der Waals surface area contributed by atoms with E-state index in [9.17, 15) is 8.78 Å². The molecule has 2 heterocycles. The number of anilines is 1. The molecule has 0 amide bonds. The van der Waals surface area contributed by atoms with Crippen LogP contribution in [0.4, 0.5) is 14.5 Å². The lowest BCUT2D eigenvalue weighted by molar-refractivity contribution is 0.319. The van der Waals surface area contributed by atoms with E-state index in [1.165, 1.54) is 22.8 Å². The number of nitrogens with one attached hydrogen (secondary N) is 2. The number of nitrogen functional groups attached to an aromatic ring is 1. The fourth-order valence-electron chi connectivity index (χ4n) is 3.69. The second kappa shape index (κ2) is 9.55. The van der Waals surface area contributed by atoms with Gasteiger partial charge in [-0.15, -0.1) is 0 Å². The molecule has 0 bridgehead atoms. The molecule has 1 aliphatic heterocycles. The lowest BCUT2D eigenvalue weighted by atomic mass is 9.84. The maximum atomic E-state index is 12.2. The van der Waals surface area contributed by atoms with Gasteiger partial charge in [0.05, 0.1) is 23.3 Å². The van der Waals surface area contributed by atoms with Crippen molar-refractivity contribution in [2.45, 2.75) is 19.4 Å². The van der Waals surface area contributed by atoms with Gasteiger partial charge in [0.15, 0.2) is 0 Å². The minimum atomic E-state index is -0.713. The van der Waals surface area contributed by atoms with Crippen LogP contribution in [0.3, 0.4) is 0 Å². The third-order valence-electron chi connectivity index (χ3n) is 5.64. The quantitative estimate of drug-likeness (QED) is 0.418. The van der Waals surface area contributed by atoms with Crippen molar-refractivity contribution < 1.29 is 8.78 Å². The summed E-state index contributed by atoms with van der Waals surface area (Å²) >= 11 is 0. The van der Waals surface area contributed by atoms with Crippen molar-refractivity contribution in [2.24, 2.45) is 7.05 Å². The summed E-state index contributed by atoms with van der Waals surface area (Å²) in [6.45, 7) is 7.56. The summed E-state index contributed by atoms with van der Waals surface area (Å²) in [5.41, 5.74) is 10.7. The van der Waals surface area contributed by atoms with Gasteiger partial charge in [-0.1, -0.05) is 30.8 Å². The topological polar surface area (TPSA) is 94.8 Å². The SMILES string of the molecule is C=C(C(=N)C=N)N1Cc2ccccc2C(c2cnn(C)c2C)C1.Nc1ccc(F)cc1F. The maximum absolute atomic E-state index is 12.2. The van der Waals surface area contributed by atoms with E-state index in [0.717, 1.165) is 37.1 Å². The first kappa shape index (κ1) is 22.9. The Balaban J connectivity index is 0.000000269. The lowest BCUT2D eigenvalue weighted by Gasteiger charge is -2.37. The van der Waals surface area contributed by atoms with Crippen LogP contribution >= 0.6 is 0 Å². The highest BCUT2D eigenvalue weighted by Gasteiger charge is 2.29. The van der Waals surface area contributed by atoms with Crippen LogP contribution in [-0.4, -0.2) is 33.2 Å². The van der Waals surface area contributed by atoms with Crippen LogP contribution in [0, 0.1) is 29.4 Å². The van der Waals surface area contributed by atoms with E-state index in [2.05, 4.69) is 41.7 Å². The summed E-state index contributed by atoms with van der Waals surface area (Å²) in [6.07, 6.45) is 2.98. The normalized spacial score (nSPS) is 14.8. The van der Waals surface area contributed by atoms with Crippen LogP contribution in [0.5, 0.6) is 0 Å². The molecule has 32 heavy (non-hydrogen) atoms. The van der Waals surface area contributed by atoms with Crippen LogP contribution in [0.2, 0.25) is 0 Å². The molecule has 8 heteroatoms. The van der Waals surface area contributed by atoms with Gasteiger partial charge in [-0.25, -0.2) is 8.78 Å². The Bertz CT molecular complexity index is 1170.